The highest BCUT2D eigenvalue weighted by atomic mass is 35.5. The fourth-order valence-corrected chi connectivity index (χ4v) is 2.33. The Morgan fingerprint density at radius 3 is 2.78 bits per heavy atom. The molecule has 0 spiro atoms. The highest BCUT2D eigenvalue weighted by Crippen LogP contribution is 2.30. The van der Waals surface area contributed by atoms with Gasteiger partial charge in [-0.1, -0.05) is 18.0 Å². The van der Waals surface area contributed by atoms with Crippen LogP contribution in [0.5, 0.6) is 0 Å². The molecule has 2 rings (SSSR count). The van der Waals surface area contributed by atoms with E-state index in [1.807, 2.05) is 11.8 Å². The fraction of sp³-hybridized carbons (Fsp3) is 0.538. The number of pyridine rings is 1. The van der Waals surface area contributed by atoms with Crippen LogP contribution >= 0.6 is 11.6 Å². The molecule has 1 fully saturated rings. The van der Waals surface area contributed by atoms with E-state index in [0.717, 1.165) is 13.1 Å². The fourth-order valence-electron chi connectivity index (χ4n) is 2.19. The van der Waals surface area contributed by atoms with Gasteiger partial charge in [-0.3, -0.25) is 0 Å². The third kappa shape index (κ3) is 2.75. The Morgan fingerprint density at radius 2 is 2.28 bits per heavy atom. The molecule has 5 heteroatoms. The molecule has 4 nitrogen and oxygen atoms in total. The first-order valence-corrected chi connectivity index (χ1v) is 6.64. The van der Waals surface area contributed by atoms with E-state index in [4.69, 9.17) is 11.6 Å². The Kier molecular flexibility index (Phi) is 4.07. The molecule has 0 unspecified atom stereocenters. The molecule has 1 aliphatic carbocycles. The number of anilines is 1. The minimum Gasteiger partial charge on any atom is -0.478 e. The van der Waals surface area contributed by atoms with Gasteiger partial charge in [-0.05, 0) is 37.8 Å². The minimum absolute atomic E-state index is 0.223. The molecule has 0 atom stereocenters. The number of hydrogen-bond donors (Lipinski definition) is 1. The summed E-state index contributed by atoms with van der Waals surface area (Å²) < 4.78 is 0. The summed E-state index contributed by atoms with van der Waals surface area (Å²) in [7, 11) is 0. The van der Waals surface area contributed by atoms with Gasteiger partial charge < -0.3 is 10.0 Å². The zero-order chi connectivity index (χ0) is 13.1. The van der Waals surface area contributed by atoms with E-state index in [0.29, 0.717) is 16.9 Å². The number of aromatic carboxylic acids is 1. The molecule has 98 valence electrons. The number of hydrogen-bond acceptors (Lipinski definition) is 3. The summed E-state index contributed by atoms with van der Waals surface area (Å²) in [5, 5.41) is 9.53. The summed E-state index contributed by atoms with van der Waals surface area (Å²) in [6, 6.07) is 3.04. The van der Waals surface area contributed by atoms with Crippen LogP contribution in [0.2, 0.25) is 5.15 Å². The van der Waals surface area contributed by atoms with Crippen molar-refractivity contribution < 1.29 is 9.90 Å². The quantitative estimate of drug-likeness (QED) is 0.834. The monoisotopic (exact) mass is 268 g/mol. The first-order valence-electron chi connectivity index (χ1n) is 6.26. The van der Waals surface area contributed by atoms with Gasteiger partial charge in [0.2, 0.25) is 0 Å². The third-order valence-corrected chi connectivity index (χ3v) is 3.67. The Morgan fingerprint density at radius 1 is 1.56 bits per heavy atom. The summed E-state index contributed by atoms with van der Waals surface area (Å²) in [5.41, 5.74) is 0.223. The topological polar surface area (TPSA) is 53.4 Å². The van der Waals surface area contributed by atoms with E-state index in [9.17, 15) is 9.90 Å². The van der Waals surface area contributed by atoms with E-state index in [-0.39, 0.29) is 5.56 Å². The second-order valence-corrected chi connectivity index (χ2v) is 5.03. The second kappa shape index (κ2) is 5.57. The van der Waals surface area contributed by atoms with Gasteiger partial charge in [-0.25, -0.2) is 9.78 Å². The van der Waals surface area contributed by atoms with Gasteiger partial charge in [0, 0.05) is 13.1 Å². The van der Waals surface area contributed by atoms with Crippen molar-refractivity contribution >= 4 is 23.4 Å². The summed E-state index contributed by atoms with van der Waals surface area (Å²) in [4.78, 5) is 17.4. The first kappa shape index (κ1) is 13.1. The van der Waals surface area contributed by atoms with Crippen LogP contribution in [0.4, 0.5) is 5.82 Å². The molecule has 0 bridgehead atoms. The van der Waals surface area contributed by atoms with E-state index < -0.39 is 5.97 Å². The van der Waals surface area contributed by atoms with Crippen molar-refractivity contribution in [2.45, 2.75) is 26.2 Å². The lowest BCUT2D eigenvalue weighted by Crippen LogP contribution is -2.34. The smallest absolute Gasteiger partial charge is 0.339 e. The number of rotatable bonds is 5. The Bertz CT molecular complexity index is 447. The Balaban J connectivity index is 2.26. The van der Waals surface area contributed by atoms with Gasteiger partial charge in [0.15, 0.2) is 0 Å². The molecule has 1 N–H and O–H groups in total. The second-order valence-electron chi connectivity index (χ2n) is 4.65. The van der Waals surface area contributed by atoms with Crippen molar-refractivity contribution in [3.05, 3.63) is 22.8 Å². The first-order chi connectivity index (χ1) is 8.61. The average molecular weight is 269 g/mol. The Hall–Kier alpha value is -1.29. The van der Waals surface area contributed by atoms with Crippen molar-refractivity contribution in [1.82, 2.24) is 4.98 Å². The minimum atomic E-state index is -0.957. The number of carboxylic acid groups (broad SMARTS) is 1. The van der Waals surface area contributed by atoms with Gasteiger partial charge in [0.1, 0.15) is 16.5 Å². The molecule has 1 aliphatic rings. The van der Waals surface area contributed by atoms with E-state index in [2.05, 4.69) is 4.98 Å². The van der Waals surface area contributed by atoms with Crippen molar-refractivity contribution in [1.29, 1.82) is 0 Å². The number of nitrogens with zero attached hydrogens (tertiary/aromatic N) is 2. The standard InChI is InChI=1S/C13H17ClN2O2/c1-2-16(8-9-4-3-5-9)12-10(13(17)18)6-7-11(14)15-12/h6-7,9H,2-5,8H2,1H3,(H,17,18). The molecule has 18 heavy (non-hydrogen) atoms. The summed E-state index contributed by atoms with van der Waals surface area (Å²) in [6.07, 6.45) is 3.72. The molecular formula is C13H17ClN2O2. The molecule has 1 aromatic rings. The number of aromatic nitrogens is 1. The van der Waals surface area contributed by atoms with Crippen molar-refractivity contribution in [2.75, 3.05) is 18.0 Å². The van der Waals surface area contributed by atoms with Crippen LogP contribution in [0.25, 0.3) is 0 Å². The van der Waals surface area contributed by atoms with Gasteiger partial charge in [0.05, 0.1) is 0 Å². The molecule has 0 amide bonds. The normalized spacial score (nSPS) is 15.2. The summed E-state index contributed by atoms with van der Waals surface area (Å²) >= 11 is 5.88. The molecule has 0 saturated heterocycles. The average Bonchev–Trinajstić information content (AvgIpc) is 2.27. The maximum atomic E-state index is 11.2. The third-order valence-electron chi connectivity index (χ3n) is 3.46. The maximum Gasteiger partial charge on any atom is 0.339 e. The summed E-state index contributed by atoms with van der Waals surface area (Å²) in [6.45, 7) is 3.61. The lowest BCUT2D eigenvalue weighted by atomic mass is 9.85. The lowest BCUT2D eigenvalue weighted by molar-refractivity contribution is 0.0697. The number of carboxylic acids is 1. The summed E-state index contributed by atoms with van der Waals surface area (Å²) in [5.74, 6) is 0.193. The van der Waals surface area contributed by atoms with Crippen LogP contribution in [0.3, 0.4) is 0 Å². The molecule has 1 saturated carbocycles. The molecule has 0 aliphatic heterocycles. The SMILES string of the molecule is CCN(CC1CCC1)c1nc(Cl)ccc1C(=O)O. The zero-order valence-corrected chi connectivity index (χ0v) is 11.2. The molecule has 1 aromatic heterocycles. The van der Waals surface area contributed by atoms with Crippen LogP contribution in [-0.2, 0) is 0 Å². The van der Waals surface area contributed by atoms with Gasteiger partial charge >= 0.3 is 5.97 Å². The molecule has 0 radical (unpaired) electrons. The van der Waals surface area contributed by atoms with Gasteiger partial charge in [-0.2, -0.15) is 0 Å². The van der Waals surface area contributed by atoms with Crippen LogP contribution in [0.1, 0.15) is 36.5 Å². The molecule has 1 heterocycles. The molecular weight excluding hydrogens is 252 g/mol. The predicted octanol–water partition coefficient (Wildman–Crippen LogP) is 3.06. The molecule has 0 aromatic carbocycles. The number of carbonyl (C=O) groups is 1. The Labute approximate surface area is 112 Å². The van der Waals surface area contributed by atoms with Crippen molar-refractivity contribution in [3.63, 3.8) is 0 Å². The highest BCUT2D eigenvalue weighted by molar-refractivity contribution is 6.29. The lowest BCUT2D eigenvalue weighted by Gasteiger charge is -2.33. The van der Waals surface area contributed by atoms with E-state index in [1.54, 1.807) is 0 Å². The van der Waals surface area contributed by atoms with Crippen LogP contribution in [0, 0.1) is 5.92 Å². The largest absolute Gasteiger partial charge is 0.478 e. The van der Waals surface area contributed by atoms with Crippen LogP contribution in [-0.4, -0.2) is 29.1 Å². The van der Waals surface area contributed by atoms with Crippen LogP contribution in [0.15, 0.2) is 12.1 Å². The highest BCUT2D eigenvalue weighted by Gasteiger charge is 2.23. The van der Waals surface area contributed by atoms with Crippen molar-refractivity contribution in [2.24, 2.45) is 5.92 Å². The van der Waals surface area contributed by atoms with E-state index >= 15 is 0 Å². The predicted molar refractivity (Wildman–Crippen MR) is 71.4 cm³/mol. The van der Waals surface area contributed by atoms with Gasteiger partial charge in [0.25, 0.3) is 0 Å². The number of halogens is 1. The van der Waals surface area contributed by atoms with E-state index in [1.165, 1.54) is 31.4 Å². The van der Waals surface area contributed by atoms with Crippen LogP contribution < -0.4 is 4.90 Å². The van der Waals surface area contributed by atoms with Gasteiger partial charge in [-0.15, -0.1) is 0 Å². The zero-order valence-electron chi connectivity index (χ0n) is 10.4. The van der Waals surface area contributed by atoms with Crippen molar-refractivity contribution in [3.8, 4) is 0 Å². The maximum absolute atomic E-state index is 11.2.